The minimum atomic E-state index is -0.399. The van der Waals surface area contributed by atoms with E-state index in [2.05, 4.69) is 10.6 Å². The Balaban J connectivity index is 1.63. The van der Waals surface area contributed by atoms with Crippen molar-refractivity contribution in [3.05, 3.63) is 90.0 Å². The maximum atomic E-state index is 12.5. The number of ketones is 1. The molecule has 0 aromatic heterocycles. The molecule has 3 aromatic rings. The van der Waals surface area contributed by atoms with Gasteiger partial charge in [0.05, 0.1) is 5.56 Å². The molecule has 0 aliphatic carbocycles. The molecule has 6 heteroatoms. The molecular weight excluding hydrogens is 368 g/mol. The molecule has 29 heavy (non-hydrogen) atoms. The van der Waals surface area contributed by atoms with Gasteiger partial charge in [0, 0.05) is 16.9 Å². The molecule has 3 rings (SSSR count). The van der Waals surface area contributed by atoms with E-state index in [0.717, 1.165) is 0 Å². The van der Waals surface area contributed by atoms with Crippen molar-refractivity contribution in [3.63, 3.8) is 0 Å². The number of hydrogen-bond donors (Lipinski definition) is 2. The smallest absolute Gasteiger partial charge is 0.262 e. The Morgan fingerprint density at radius 3 is 2.24 bits per heavy atom. The fourth-order valence-electron chi connectivity index (χ4n) is 2.66. The highest BCUT2D eigenvalue weighted by Gasteiger charge is 2.14. The van der Waals surface area contributed by atoms with E-state index in [4.69, 9.17) is 4.74 Å². The van der Waals surface area contributed by atoms with Crippen molar-refractivity contribution >= 4 is 29.0 Å². The Bertz CT molecular complexity index is 1030. The molecular formula is C23H20N2O4. The zero-order valence-corrected chi connectivity index (χ0v) is 15.8. The van der Waals surface area contributed by atoms with Gasteiger partial charge in [-0.2, -0.15) is 0 Å². The number of Topliss-reactive ketones (excluding diaryl/α,β-unsaturated/α-hetero) is 1. The van der Waals surface area contributed by atoms with E-state index in [1.54, 1.807) is 60.7 Å². The quantitative estimate of drug-likeness (QED) is 0.595. The predicted octanol–water partition coefficient (Wildman–Crippen LogP) is 4.16. The molecule has 2 N–H and O–H groups in total. The summed E-state index contributed by atoms with van der Waals surface area (Å²) in [6.45, 7) is 1.18. The minimum Gasteiger partial charge on any atom is -0.483 e. The van der Waals surface area contributed by atoms with Crippen LogP contribution in [0.5, 0.6) is 5.75 Å². The van der Waals surface area contributed by atoms with E-state index >= 15 is 0 Å². The van der Waals surface area contributed by atoms with Crippen LogP contribution < -0.4 is 15.4 Å². The van der Waals surface area contributed by atoms with E-state index in [1.165, 1.54) is 6.92 Å². The fraction of sp³-hybridized carbons (Fsp3) is 0.0870. The van der Waals surface area contributed by atoms with Gasteiger partial charge < -0.3 is 15.4 Å². The summed E-state index contributed by atoms with van der Waals surface area (Å²) in [5.74, 6) is -0.519. The van der Waals surface area contributed by atoms with Gasteiger partial charge in [-0.3, -0.25) is 14.4 Å². The van der Waals surface area contributed by atoms with Gasteiger partial charge in [0.2, 0.25) is 0 Å². The van der Waals surface area contributed by atoms with Crippen LogP contribution in [0.15, 0.2) is 78.9 Å². The van der Waals surface area contributed by atoms with E-state index in [0.29, 0.717) is 28.3 Å². The SMILES string of the molecule is CC(=O)c1cccc(NC(=O)COc2ccccc2C(=O)Nc2ccccc2)c1. The number of para-hydroxylation sites is 2. The van der Waals surface area contributed by atoms with Crippen LogP contribution in [0.3, 0.4) is 0 Å². The van der Waals surface area contributed by atoms with E-state index in [9.17, 15) is 14.4 Å². The number of benzene rings is 3. The summed E-state index contributed by atoms with van der Waals surface area (Å²) in [5.41, 5.74) is 1.99. The fourth-order valence-corrected chi connectivity index (χ4v) is 2.66. The Labute approximate surface area is 168 Å². The van der Waals surface area contributed by atoms with Gasteiger partial charge in [0.25, 0.3) is 11.8 Å². The van der Waals surface area contributed by atoms with Crippen molar-refractivity contribution < 1.29 is 19.1 Å². The van der Waals surface area contributed by atoms with Crippen molar-refractivity contribution in [2.45, 2.75) is 6.92 Å². The molecule has 0 aliphatic heterocycles. The third-order valence-corrected chi connectivity index (χ3v) is 4.07. The predicted molar refractivity (Wildman–Crippen MR) is 111 cm³/mol. The third-order valence-electron chi connectivity index (χ3n) is 4.07. The van der Waals surface area contributed by atoms with Gasteiger partial charge in [-0.15, -0.1) is 0 Å². The second-order valence-electron chi connectivity index (χ2n) is 6.29. The molecule has 0 saturated heterocycles. The molecule has 146 valence electrons. The zero-order chi connectivity index (χ0) is 20.6. The molecule has 6 nitrogen and oxygen atoms in total. The number of rotatable bonds is 7. The number of nitrogens with one attached hydrogen (secondary N) is 2. The van der Waals surface area contributed by atoms with Gasteiger partial charge in [-0.1, -0.05) is 42.5 Å². The molecule has 0 radical (unpaired) electrons. The molecule has 0 aliphatic rings. The number of ether oxygens (including phenoxy) is 1. The van der Waals surface area contributed by atoms with Crippen LogP contribution in [0.4, 0.5) is 11.4 Å². The van der Waals surface area contributed by atoms with Crippen LogP contribution in [0.25, 0.3) is 0 Å². The standard InChI is InChI=1S/C23H20N2O4/c1-16(26)17-8-7-11-19(14-17)24-22(27)15-29-21-13-6-5-12-20(21)23(28)25-18-9-3-2-4-10-18/h2-14H,15H2,1H3,(H,24,27)(H,25,28). The number of anilines is 2. The van der Waals surface area contributed by atoms with Gasteiger partial charge in [-0.05, 0) is 43.3 Å². The normalized spacial score (nSPS) is 10.1. The Morgan fingerprint density at radius 1 is 0.793 bits per heavy atom. The molecule has 3 aromatic carbocycles. The number of hydrogen-bond acceptors (Lipinski definition) is 4. The highest BCUT2D eigenvalue weighted by atomic mass is 16.5. The topological polar surface area (TPSA) is 84.5 Å². The average Bonchev–Trinajstić information content (AvgIpc) is 2.73. The summed E-state index contributed by atoms with van der Waals surface area (Å²) in [4.78, 5) is 36.2. The van der Waals surface area contributed by atoms with Crippen LogP contribution in [0.1, 0.15) is 27.6 Å². The van der Waals surface area contributed by atoms with Gasteiger partial charge in [0.15, 0.2) is 12.4 Å². The summed E-state index contributed by atoms with van der Waals surface area (Å²) < 4.78 is 5.57. The Hall–Kier alpha value is -3.93. The van der Waals surface area contributed by atoms with E-state index < -0.39 is 5.91 Å². The lowest BCUT2D eigenvalue weighted by atomic mass is 10.1. The summed E-state index contributed by atoms with van der Waals surface area (Å²) in [7, 11) is 0. The van der Waals surface area contributed by atoms with E-state index in [1.807, 2.05) is 18.2 Å². The first-order valence-corrected chi connectivity index (χ1v) is 9.02. The number of amides is 2. The highest BCUT2D eigenvalue weighted by molar-refractivity contribution is 6.06. The van der Waals surface area contributed by atoms with Crippen molar-refractivity contribution in [2.75, 3.05) is 17.2 Å². The van der Waals surface area contributed by atoms with Crippen molar-refractivity contribution in [1.82, 2.24) is 0 Å². The summed E-state index contributed by atoms with van der Waals surface area (Å²) in [6, 6.07) is 22.4. The molecule has 0 fully saturated rings. The lowest BCUT2D eigenvalue weighted by Crippen LogP contribution is -2.21. The monoisotopic (exact) mass is 388 g/mol. The first-order chi connectivity index (χ1) is 14.0. The Morgan fingerprint density at radius 2 is 1.48 bits per heavy atom. The van der Waals surface area contributed by atoms with Crippen LogP contribution in [-0.4, -0.2) is 24.2 Å². The highest BCUT2D eigenvalue weighted by Crippen LogP contribution is 2.20. The van der Waals surface area contributed by atoms with Crippen molar-refractivity contribution in [1.29, 1.82) is 0 Å². The first-order valence-electron chi connectivity index (χ1n) is 9.02. The van der Waals surface area contributed by atoms with Crippen LogP contribution in [-0.2, 0) is 4.79 Å². The summed E-state index contributed by atoms with van der Waals surface area (Å²) in [6.07, 6.45) is 0. The second kappa shape index (κ2) is 9.32. The molecule has 0 unspecified atom stereocenters. The molecule has 0 atom stereocenters. The molecule has 0 spiro atoms. The van der Waals surface area contributed by atoms with Gasteiger partial charge in [0.1, 0.15) is 5.75 Å². The van der Waals surface area contributed by atoms with Gasteiger partial charge in [-0.25, -0.2) is 0 Å². The first kappa shape index (κ1) is 19.8. The van der Waals surface area contributed by atoms with Crippen LogP contribution in [0.2, 0.25) is 0 Å². The molecule has 0 heterocycles. The number of carbonyl (C=O) groups excluding carboxylic acids is 3. The van der Waals surface area contributed by atoms with Crippen molar-refractivity contribution in [2.24, 2.45) is 0 Å². The Kier molecular flexibility index (Phi) is 6.37. The van der Waals surface area contributed by atoms with Crippen LogP contribution >= 0.6 is 0 Å². The summed E-state index contributed by atoms with van der Waals surface area (Å²) in [5, 5.41) is 5.47. The van der Waals surface area contributed by atoms with E-state index in [-0.39, 0.29) is 18.3 Å². The minimum absolute atomic E-state index is 0.0873. The summed E-state index contributed by atoms with van der Waals surface area (Å²) >= 11 is 0. The largest absolute Gasteiger partial charge is 0.483 e. The number of carbonyl (C=O) groups is 3. The average molecular weight is 388 g/mol. The maximum absolute atomic E-state index is 12.5. The third kappa shape index (κ3) is 5.52. The van der Waals surface area contributed by atoms with Gasteiger partial charge >= 0.3 is 0 Å². The lowest BCUT2D eigenvalue weighted by Gasteiger charge is -2.12. The molecule has 0 bridgehead atoms. The molecule has 2 amide bonds. The van der Waals surface area contributed by atoms with Crippen molar-refractivity contribution in [3.8, 4) is 5.75 Å². The lowest BCUT2D eigenvalue weighted by molar-refractivity contribution is -0.118. The maximum Gasteiger partial charge on any atom is 0.262 e. The zero-order valence-electron chi connectivity index (χ0n) is 15.8. The molecule has 0 saturated carbocycles. The van der Waals surface area contributed by atoms with Crippen LogP contribution in [0, 0.1) is 0 Å². The second-order valence-corrected chi connectivity index (χ2v) is 6.29.